The number of imidazole rings is 1. The molecule has 10 heteroatoms. The van der Waals surface area contributed by atoms with Gasteiger partial charge in [0.05, 0.1) is 12.5 Å². The predicted octanol–water partition coefficient (Wildman–Crippen LogP) is 3.15. The summed E-state index contributed by atoms with van der Waals surface area (Å²) in [6, 6.07) is 1.91. The molecule has 0 radical (unpaired) electrons. The van der Waals surface area contributed by atoms with Gasteiger partial charge >= 0.3 is 0 Å². The molecular weight excluding hydrogens is 386 g/mol. The largest absolute Gasteiger partial charge is 0.337 e. The van der Waals surface area contributed by atoms with Gasteiger partial charge in [-0.3, -0.25) is 0 Å². The van der Waals surface area contributed by atoms with Gasteiger partial charge in [-0.05, 0) is 31.2 Å². The van der Waals surface area contributed by atoms with Crippen LogP contribution in [0, 0.1) is 0 Å². The monoisotopic (exact) mass is 407 g/mol. The normalized spacial score (nSPS) is 17.2. The van der Waals surface area contributed by atoms with Gasteiger partial charge in [-0.25, -0.2) is 13.4 Å². The highest BCUT2D eigenvalue weighted by Gasteiger charge is 2.43. The summed E-state index contributed by atoms with van der Waals surface area (Å²) in [6.45, 7) is 2.40. The number of hydrogen-bond donors (Lipinski definition) is 1. The van der Waals surface area contributed by atoms with Gasteiger partial charge in [0.1, 0.15) is 5.54 Å². The second-order valence-electron chi connectivity index (χ2n) is 6.70. The van der Waals surface area contributed by atoms with Crippen molar-refractivity contribution in [3.05, 3.63) is 35.2 Å². The number of sulfonamides is 1. The van der Waals surface area contributed by atoms with Crippen LogP contribution in [0.1, 0.15) is 44.9 Å². The second kappa shape index (κ2) is 7.17. The Morgan fingerprint density at radius 3 is 2.85 bits per heavy atom. The molecule has 0 bridgehead atoms. The maximum absolute atomic E-state index is 13.1. The van der Waals surface area contributed by atoms with Crippen LogP contribution in [0.25, 0.3) is 11.4 Å². The average Bonchev–Trinajstić information content (AvgIpc) is 3.42. The molecule has 0 atom stereocenters. The lowest BCUT2D eigenvalue weighted by Gasteiger charge is -2.34. The lowest BCUT2D eigenvalue weighted by Crippen LogP contribution is -2.47. The number of nitrogens with zero attached hydrogens (tertiary/aromatic N) is 4. The average molecular weight is 408 g/mol. The molecule has 0 saturated heterocycles. The van der Waals surface area contributed by atoms with Gasteiger partial charge in [-0.2, -0.15) is 21.0 Å². The van der Waals surface area contributed by atoms with Gasteiger partial charge in [0, 0.05) is 17.5 Å². The molecule has 4 rings (SSSR count). The number of rotatable bonds is 6. The van der Waals surface area contributed by atoms with Crippen molar-refractivity contribution >= 4 is 21.4 Å². The molecule has 3 aromatic rings. The van der Waals surface area contributed by atoms with Crippen molar-refractivity contribution in [3.8, 4) is 11.4 Å². The molecule has 1 aliphatic carbocycles. The van der Waals surface area contributed by atoms with Crippen molar-refractivity contribution < 1.29 is 12.9 Å². The smallest absolute Gasteiger partial charge is 0.258 e. The van der Waals surface area contributed by atoms with Gasteiger partial charge in [0.25, 0.3) is 10.0 Å². The van der Waals surface area contributed by atoms with Crippen LogP contribution in [-0.2, 0) is 22.1 Å². The molecule has 1 aliphatic rings. The van der Waals surface area contributed by atoms with E-state index < -0.39 is 15.6 Å². The Morgan fingerprint density at radius 1 is 1.33 bits per heavy atom. The summed E-state index contributed by atoms with van der Waals surface area (Å²) in [7, 11) is -3.79. The Hall–Kier alpha value is -2.04. The van der Waals surface area contributed by atoms with Crippen molar-refractivity contribution in [1.82, 2.24) is 24.4 Å². The first-order chi connectivity index (χ1) is 13.0. The van der Waals surface area contributed by atoms with Crippen molar-refractivity contribution in [2.24, 2.45) is 0 Å². The first-order valence-electron chi connectivity index (χ1n) is 8.95. The molecule has 3 aromatic heterocycles. The van der Waals surface area contributed by atoms with Crippen molar-refractivity contribution in [1.29, 1.82) is 0 Å². The first kappa shape index (κ1) is 18.3. The fourth-order valence-electron chi connectivity index (χ4n) is 3.52. The molecule has 0 aliphatic heterocycles. The van der Waals surface area contributed by atoms with Gasteiger partial charge in [-0.15, -0.1) is 0 Å². The summed E-state index contributed by atoms with van der Waals surface area (Å²) in [6.07, 6.45) is 6.98. The van der Waals surface area contributed by atoms with Crippen LogP contribution in [-0.4, -0.2) is 28.1 Å². The van der Waals surface area contributed by atoms with Crippen LogP contribution in [0.2, 0.25) is 0 Å². The van der Waals surface area contributed by atoms with Crippen LogP contribution >= 0.6 is 11.3 Å². The lowest BCUT2D eigenvalue weighted by molar-refractivity contribution is 0.199. The minimum absolute atomic E-state index is 0.146. The summed E-state index contributed by atoms with van der Waals surface area (Å²) in [5.74, 6) is 0.809. The van der Waals surface area contributed by atoms with Crippen LogP contribution in [0.4, 0.5) is 0 Å². The fourth-order valence-corrected chi connectivity index (χ4v) is 5.75. The zero-order chi connectivity index (χ0) is 18.9. The molecule has 0 unspecified atom stereocenters. The van der Waals surface area contributed by atoms with E-state index in [1.807, 2.05) is 23.8 Å². The van der Waals surface area contributed by atoms with E-state index in [0.717, 1.165) is 24.8 Å². The third kappa shape index (κ3) is 3.44. The maximum atomic E-state index is 13.1. The van der Waals surface area contributed by atoms with Crippen molar-refractivity contribution in [2.45, 2.75) is 56.1 Å². The molecule has 8 nitrogen and oxygen atoms in total. The van der Waals surface area contributed by atoms with Crippen LogP contribution in [0.3, 0.4) is 0 Å². The minimum atomic E-state index is -3.79. The zero-order valence-electron chi connectivity index (χ0n) is 15.0. The summed E-state index contributed by atoms with van der Waals surface area (Å²) in [5, 5.41) is 8.10. The van der Waals surface area contributed by atoms with Gasteiger partial charge < -0.3 is 9.09 Å². The number of hydrogen-bond acceptors (Lipinski definition) is 7. The number of nitrogens with one attached hydrogen (secondary N) is 1. The van der Waals surface area contributed by atoms with Crippen LogP contribution in [0.15, 0.2) is 38.9 Å². The molecule has 1 N–H and O–H groups in total. The number of aromatic nitrogens is 4. The highest BCUT2D eigenvalue weighted by atomic mass is 32.2. The Morgan fingerprint density at radius 2 is 2.15 bits per heavy atom. The first-order valence-corrected chi connectivity index (χ1v) is 11.4. The molecule has 0 amide bonds. The standard InChI is InChI=1S/C17H21N5O3S2/c1-2-22-12-18-10-14(22)27(23,24)21-17(7-4-3-5-8-17)16-19-15(20-25-16)13-6-9-26-11-13/h6,9-12,21H,2-5,7-8H2,1H3. The van der Waals surface area contributed by atoms with E-state index in [0.29, 0.717) is 31.1 Å². The number of aryl methyl sites for hydroxylation is 1. The Bertz CT molecular complexity index is 1000. The quantitative estimate of drug-likeness (QED) is 0.673. The third-order valence-corrected chi connectivity index (χ3v) is 7.18. The van der Waals surface area contributed by atoms with Crippen LogP contribution in [0.5, 0.6) is 0 Å². The van der Waals surface area contributed by atoms with E-state index in [-0.39, 0.29) is 5.03 Å². The molecule has 0 aromatic carbocycles. The van der Waals surface area contributed by atoms with E-state index in [2.05, 4.69) is 19.8 Å². The number of thiophene rings is 1. The third-order valence-electron chi connectivity index (χ3n) is 4.94. The predicted molar refractivity (Wildman–Crippen MR) is 101 cm³/mol. The van der Waals surface area contributed by atoms with Gasteiger partial charge in [0.2, 0.25) is 11.7 Å². The SMILES string of the molecule is CCn1cncc1S(=O)(=O)NC1(c2nc(-c3ccsc3)no2)CCCCC1. The van der Waals surface area contributed by atoms with E-state index in [1.54, 1.807) is 15.9 Å². The molecular formula is C17H21N5O3S2. The zero-order valence-corrected chi connectivity index (χ0v) is 16.6. The maximum Gasteiger partial charge on any atom is 0.258 e. The second-order valence-corrected chi connectivity index (χ2v) is 9.11. The van der Waals surface area contributed by atoms with E-state index >= 15 is 0 Å². The highest BCUT2D eigenvalue weighted by molar-refractivity contribution is 7.89. The Labute approximate surface area is 161 Å². The summed E-state index contributed by atoms with van der Waals surface area (Å²) < 4.78 is 36.2. The van der Waals surface area contributed by atoms with Crippen LogP contribution < -0.4 is 4.72 Å². The molecule has 27 heavy (non-hydrogen) atoms. The summed E-state index contributed by atoms with van der Waals surface area (Å²) in [5.41, 5.74) is -0.0193. The van der Waals surface area contributed by atoms with Gasteiger partial charge in [-0.1, -0.05) is 24.4 Å². The molecule has 1 saturated carbocycles. The fraction of sp³-hybridized carbons (Fsp3) is 0.471. The summed E-state index contributed by atoms with van der Waals surface area (Å²) >= 11 is 1.55. The summed E-state index contributed by atoms with van der Waals surface area (Å²) in [4.78, 5) is 8.52. The van der Waals surface area contributed by atoms with E-state index in [9.17, 15) is 8.42 Å². The van der Waals surface area contributed by atoms with Gasteiger partial charge in [0.15, 0.2) is 5.03 Å². The van der Waals surface area contributed by atoms with Crippen molar-refractivity contribution in [3.63, 3.8) is 0 Å². The molecule has 0 spiro atoms. The van der Waals surface area contributed by atoms with E-state index in [4.69, 9.17) is 4.52 Å². The van der Waals surface area contributed by atoms with Crippen molar-refractivity contribution in [2.75, 3.05) is 0 Å². The lowest BCUT2D eigenvalue weighted by atomic mass is 9.82. The Balaban J connectivity index is 1.71. The molecule has 144 valence electrons. The Kier molecular flexibility index (Phi) is 4.87. The molecule has 1 fully saturated rings. The highest BCUT2D eigenvalue weighted by Crippen LogP contribution is 2.38. The molecule has 3 heterocycles. The topological polar surface area (TPSA) is 103 Å². The van der Waals surface area contributed by atoms with E-state index in [1.165, 1.54) is 12.5 Å². The minimum Gasteiger partial charge on any atom is -0.337 e.